The maximum Gasteiger partial charge on any atom is 0.409 e. The van der Waals surface area contributed by atoms with Crippen LogP contribution in [0.5, 0.6) is 0 Å². The molecule has 0 fully saturated rings. The van der Waals surface area contributed by atoms with Crippen LogP contribution < -0.4 is 21.7 Å². The van der Waals surface area contributed by atoms with Crippen LogP contribution in [0.1, 0.15) is 22.5 Å². The Hall–Kier alpha value is -3.24. The number of halogens is 1. The van der Waals surface area contributed by atoms with Crippen molar-refractivity contribution in [1.82, 2.24) is 21.1 Å². The predicted molar refractivity (Wildman–Crippen MR) is 133 cm³/mol. The van der Waals surface area contributed by atoms with E-state index < -0.39 is 29.6 Å². The fourth-order valence-corrected chi connectivity index (χ4v) is 3.04. The zero-order valence-corrected chi connectivity index (χ0v) is 21.0. The van der Waals surface area contributed by atoms with Crippen LogP contribution in [0, 0.1) is 0 Å². The molecule has 2 atom stereocenters. The molecule has 14 heteroatoms. The first-order valence-corrected chi connectivity index (χ1v) is 10.5. The van der Waals surface area contributed by atoms with Crippen molar-refractivity contribution >= 4 is 47.8 Å². The number of nitrogens with two attached hydrogens (primary N) is 1. The highest BCUT2D eigenvalue weighted by Gasteiger charge is 2.50. The topological polar surface area (TPSA) is 190 Å². The minimum absolute atomic E-state index is 0. The fraction of sp³-hybridized carbons (Fsp3) is 0.381. The van der Waals surface area contributed by atoms with Crippen LogP contribution in [-0.2, 0) is 20.9 Å². The second-order valence-electron chi connectivity index (χ2n) is 7.29. The average molecular weight is 602 g/mol. The van der Waals surface area contributed by atoms with E-state index in [9.17, 15) is 19.5 Å². The van der Waals surface area contributed by atoms with Crippen molar-refractivity contribution in [2.75, 3.05) is 26.2 Å². The zero-order chi connectivity index (χ0) is 24.4. The van der Waals surface area contributed by atoms with Crippen LogP contribution in [0.25, 0.3) is 0 Å². The molecule has 0 saturated heterocycles. The summed E-state index contributed by atoms with van der Waals surface area (Å²) in [5, 5.41) is 21.4. The van der Waals surface area contributed by atoms with Gasteiger partial charge in [0.15, 0.2) is 12.1 Å². The summed E-state index contributed by atoms with van der Waals surface area (Å²) in [5.41, 5.74) is 4.04. The lowest BCUT2D eigenvalue weighted by Gasteiger charge is -2.32. The summed E-state index contributed by atoms with van der Waals surface area (Å²) in [5.74, 6) is -2.23. The summed E-state index contributed by atoms with van der Waals surface area (Å²) in [6.07, 6.45) is -1.37. The zero-order valence-electron chi connectivity index (χ0n) is 18.6. The number of hydrogen-bond acceptors (Lipinski definition) is 11. The summed E-state index contributed by atoms with van der Waals surface area (Å²) in [7, 11) is 0. The summed E-state index contributed by atoms with van der Waals surface area (Å²) in [6, 6.07) is 9.99. The van der Waals surface area contributed by atoms with Gasteiger partial charge in [0, 0.05) is 25.8 Å². The number of Topliss-reactive ketones (excluding diaryl/α,β-unsaturated/α-hetero) is 1. The molecule has 13 nitrogen and oxygen atoms in total. The molecule has 1 aromatic heterocycles. The molecular weight excluding hydrogens is 575 g/mol. The van der Waals surface area contributed by atoms with Gasteiger partial charge in [0.25, 0.3) is 0 Å². The number of aliphatic carboxylic acids is 1. The first-order chi connectivity index (χ1) is 16.4. The molecule has 2 heterocycles. The molecule has 3 rings (SSSR count). The van der Waals surface area contributed by atoms with E-state index in [-0.39, 0.29) is 43.0 Å². The smallest absolute Gasteiger partial charge is 0.409 e. The third-order valence-corrected chi connectivity index (χ3v) is 4.78. The van der Waals surface area contributed by atoms with Gasteiger partial charge in [-0.05, 0) is 12.0 Å². The van der Waals surface area contributed by atoms with Crippen molar-refractivity contribution in [1.29, 1.82) is 0 Å². The van der Waals surface area contributed by atoms with Crippen molar-refractivity contribution in [3.63, 3.8) is 0 Å². The van der Waals surface area contributed by atoms with E-state index in [1.54, 1.807) is 30.3 Å². The number of aromatic nitrogens is 1. The molecule has 0 spiro atoms. The molecule has 6 N–H and O–H groups in total. The molecule has 0 saturated carbocycles. The number of carboxylic acids is 1. The number of alkyl carbamates (subject to hydrolysis) is 1. The van der Waals surface area contributed by atoms with E-state index in [2.05, 4.69) is 26.1 Å². The predicted octanol–water partition coefficient (Wildman–Crippen LogP) is 0.465. The van der Waals surface area contributed by atoms with Crippen LogP contribution in [-0.4, -0.2) is 72.1 Å². The minimum Gasteiger partial charge on any atom is -0.478 e. The summed E-state index contributed by atoms with van der Waals surface area (Å²) in [4.78, 5) is 41.6. The summed E-state index contributed by atoms with van der Waals surface area (Å²) < 4.78 is 15.5. The van der Waals surface area contributed by atoms with Crippen molar-refractivity contribution in [2.24, 2.45) is 10.7 Å². The van der Waals surface area contributed by atoms with Gasteiger partial charge in [0.2, 0.25) is 17.2 Å². The first kappa shape index (κ1) is 28.0. The highest BCUT2D eigenvalue weighted by molar-refractivity contribution is 14.0. The van der Waals surface area contributed by atoms with Crippen LogP contribution in [0.4, 0.5) is 4.79 Å². The monoisotopic (exact) mass is 602 g/mol. The quantitative estimate of drug-likeness (QED) is 0.0983. The maximum absolute atomic E-state index is 13.0. The number of benzene rings is 1. The van der Waals surface area contributed by atoms with Crippen molar-refractivity contribution < 1.29 is 33.5 Å². The lowest BCUT2D eigenvalue weighted by atomic mass is 9.98. The molecule has 1 aliphatic heterocycles. The van der Waals surface area contributed by atoms with Crippen LogP contribution in [0.15, 0.2) is 52.1 Å². The van der Waals surface area contributed by atoms with Gasteiger partial charge in [0.05, 0.1) is 12.7 Å². The van der Waals surface area contributed by atoms with Crippen LogP contribution >= 0.6 is 24.0 Å². The molecule has 1 amide bonds. The SMILES string of the molecule is I.NC(NC(=O)OCc1ccccc1)(C(=O)O)C(OCCCNC1=NCCN1)C(=O)c1ccno1. The van der Waals surface area contributed by atoms with E-state index in [1.165, 1.54) is 12.3 Å². The number of rotatable bonds is 12. The number of carbonyl (C=O) groups excluding carboxylic acids is 2. The Morgan fingerprint density at radius 1 is 1.26 bits per heavy atom. The number of carboxylic acid groups (broad SMARTS) is 1. The van der Waals surface area contributed by atoms with Crippen molar-refractivity contribution in [3.05, 3.63) is 53.9 Å². The fourth-order valence-electron chi connectivity index (χ4n) is 3.04. The van der Waals surface area contributed by atoms with Crippen molar-refractivity contribution in [2.45, 2.75) is 24.8 Å². The number of nitrogens with one attached hydrogen (secondary N) is 3. The second-order valence-corrected chi connectivity index (χ2v) is 7.29. The Bertz CT molecular complexity index is 1000. The number of ketones is 1. The van der Waals surface area contributed by atoms with Crippen LogP contribution in [0.3, 0.4) is 0 Å². The summed E-state index contributed by atoms with van der Waals surface area (Å²) in [6.45, 7) is 1.66. The van der Waals surface area contributed by atoms with Gasteiger partial charge in [-0.25, -0.2) is 9.59 Å². The van der Waals surface area contributed by atoms with Gasteiger partial charge in [-0.2, -0.15) is 0 Å². The molecule has 0 aliphatic carbocycles. The molecule has 1 aromatic carbocycles. The average Bonchev–Trinajstić information content (AvgIpc) is 3.55. The van der Waals surface area contributed by atoms with Gasteiger partial charge in [-0.15, -0.1) is 24.0 Å². The van der Waals surface area contributed by atoms with Crippen molar-refractivity contribution in [3.8, 4) is 0 Å². The number of amides is 1. The number of guanidine groups is 1. The third kappa shape index (κ3) is 7.90. The molecule has 2 unspecified atom stereocenters. The molecule has 190 valence electrons. The lowest BCUT2D eigenvalue weighted by Crippen LogP contribution is -2.71. The Kier molecular flexibility index (Phi) is 10.9. The van der Waals surface area contributed by atoms with Gasteiger partial charge in [0.1, 0.15) is 6.61 Å². The van der Waals surface area contributed by atoms with E-state index in [0.29, 0.717) is 31.0 Å². The molecule has 0 radical (unpaired) electrons. The standard InChI is InChI=1S/C21H26N6O7.HI/c22-21(18(29)30,27-20(31)33-13-14-5-2-1-3-6-14)17(16(28)15-7-9-26-34-15)32-12-4-8-23-19-24-10-11-25-19;/h1-3,5-7,9,17H,4,8,10-13,22H2,(H,27,31)(H,29,30)(H2,23,24,25);1H. The third-order valence-electron chi connectivity index (χ3n) is 4.78. The number of ether oxygens (including phenoxy) is 2. The molecule has 2 aromatic rings. The summed E-state index contributed by atoms with van der Waals surface area (Å²) >= 11 is 0. The van der Waals surface area contributed by atoms with Gasteiger partial charge in [-0.3, -0.25) is 20.8 Å². The van der Waals surface area contributed by atoms with E-state index in [1.807, 2.05) is 0 Å². The van der Waals surface area contributed by atoms with Gasteiger partial charge in [-0.1, -0.05) is 35.5 Å². The Balaban J connectivity index is 0.00000432. The van der Waals surface area contributed by atoms with E-state index in [0.717, 1.165) is 6.54 Å². The van der Waals surface area contributed by atoms with Gasteiger partial charge >= 0.3 is 12.1 Å². The van der Waals surface area contributed by atoms with E-state index >= 15 is 0 Å². The Morgan fingerprint density at radius 3 is 2.66 bits per heavy atom. The maximum atomic E-state index is 13.0. The number of nitrogens with zero attached hydrogens (tertiary/aromatic N) is 2. The Labute approximate surface area is 217 Å². The Morgan fingerprint density at radius 2 is 2.03 bits per heavy atom. The van der Waals surface area contributed by atoms with E-state index in [4.69, 9.17) is 19.7 Å². The molecule has 0 bridgehead atoms. The molecular formula is C21H27IN6O7. The highest BCUT2D eigenvalue weighted by Crippen LogP contribution is 2.17. The number of hydrogen-bond donors (Lipinski definition) is 5. The number of aliphatic imine (C=N–C) groups is 1. The lowest BCUT2D eigenvalue weighted by molar-refractivity contribution is -0.150. The number of carbonyl (C=O) groups is 3. The first-order valence-electron chi connectivity index (χ1n) is 10.5. The molecule has 1 aliphatic rings. The minimum atomic E-state index is -2.65. The van der Waals surface area contributed by atoms with Crippen LogP contribution in [0.2, 0.25) is 0 Å². The highest BCUT2D eigenvalue weighted by atomic mass is 127. The normalized spacial score (nSPS) is 14.9. The van der Waals surface area contributed by atoms with Gasteiger partial charge < -0.3 is 29.7 Å². The second kappa shape index (κ2) is 13.6. The largest absolute Gasteiger partial charge is 0.478 e. The molecule has 35 heavy (non-hydrogen) atoms.